The molecule has 9 nitrogen and oxygen atoms in total. The molecule has 0 amide bonds. The molecule has 37 heavy (non-hydrogen) atoms. The Kier molecular flexibility index (Phi) is 10.8. The van der Waals surface area contributed by atoms with Gasteiger partial charge in [0.05, 0.1) is 35.7 Å². The van der Waals surface area contributed by atoms with Gasteiger partial charge in [0, 0.05) is 45.2 Å². The number of ether oxygens (including phenoxy) is 3. The van der Waals surface area contributed by atoms with Gasteiger partial charge in [0.25, 0.3) is 0 Å². The highest BCUT2D eigenvalue weighted by molar-refractivity contribution is 7.91. The molecular weight excluding hydrogens is 516 g/mol. The second-order valence-corrected chi connectivity index (χ2v) is 13.5. The highest BCUT2D eigenvalue weighted by atomic mass is 32.2. The van der Waals surface area contributed by atoms with Gasteiger partial charge >= 0.3 is 0 Å². The van der Waals surface area contributed by atoms with Gasteiger partial charge in [-0.25, -0.2) is 16.8 Å². The van der Waals surface area contributed by atoms with Gasteiger partial charge in [-0.3, -0.25) is 0 Å². The summed E-state index contributed by atoms with van der Waals surface area (Å²) in [6.45, 7) is 6.07. The Morgan fingerprint density at radius 3 is 1.70 bits per heavy atom. The Balaban J connectivity index is 1.46. The molecule has 1 fully saturated rings. The maximum atomic E-state index is 11.6. The van der Waals surface area contributed by atoms with Gasteiger partial charge in [-0.2, -0.15) is 0 Å². The first kappa shape index (κ1) is 29.4. The molecule has 1 aliphatic heterocycles. The number of likely N-dealkylation sites (N-methyl/N-ethyl adjacent to an activating group) is 1. The zero-order chi connectivity index (χ0) is 26.9. The zero-order valence-corrected chi connectivity index (χ0v) is 23.5. The lowest BCUT2D eigenvalue weighted by molar-refractivity contribution is -0.0364. The lowest BCUT2D eigenvalue weighted by Gasteiger charge is -2.34. The monoisotopic (exact) mass is 554 g/mol. The minimum Gasteiger partial charge on any atom is -0.494 e. The van der Waals surface area contributed by atoms with E-state index in [0.29, 0.717) is 24.7 Å². The lowest BCUT2D eigenvalue weighted by Crippen LogP contribution is -2.46. The Hall–Kier alpha value is -2.18. The van der Waals surface area contributed by atoms with Gasteiger partial charge in [-0.15, -0.1) is 0 Å². The topological polar surface area (TPSA) is 102 Å². The van der Waals surface area contributed by atoms with Crippen LogP contribution in [-0.4, -0.2) is 105 Å². The van der Waals surface area contributed by atoms with E-state index in [-0.39, 0.29) is 15.9 Å². The second kappa shape index (κ2) is 13.6. The van der Waals surface area contributed by atoms with E-state index >= 15 is 0 Å². The fourth-order valence-corrected chi connectivity index (χ4v) is 5.34. The van der Waals surface area contributed by atoms with Crippen LogP contribution >= 0.6 is 0 Å². The van der Waals surface area contributed by atoms with Gasteiger partial charge in [0.1, 0.15) is 11.5 Å². The fraction of sp³-hybridized carbons (Fsp3) is 0.538. The van der Waals surface area contributed by atoms with Crippen molar-refractivity contribution >= 4 is 19.7 Å². The molecule has 0 N–H and O–H groups in total. The Labute approximate surface area is 221 Å². The van der Waals surface area contributed by atoms with Crippen molar-refractivity contribution in [1.82, 2.24) is 9.80 Å². The molecule has 2 aromatic rings. The van der Waals surface area contributed by atoms with Crippen molar-refractivity contribution in [2.45, 2.75) is 28.7 Å². The standard InChI is InChI=1S/C26H38N2O7S2/c1-27-16-19-35-24(20-27)21-28(14-4-17-33-22-6-10-25(11-7-22)36(2,29)30)15-5-18-34-23-8-12-26(13-9-23)37(3,31)32/h6-13,24H,4-5,14-21H2,1-3H3. The van der Waals surface area contributed by atoms with Gasteiger partial charge < -0.3 is 24.0 Å². The minimum atomic E-state index is -3.22. The van der Waals surface area contributed by atoms with Crippen molar-refractivity contribution in [1.29, 1.82) is 0 Å². The molecule has 11 heteroatoms. The number of hydrogen-bond acceptors (Lipinski definition) is 9. The van der Waals surface area contributed by atoms with E-state index in [2.05, 4.69) is 16.8 Å². The highest BCUT2D eigenvalue weighted by Crippen LogP contribution is 2.17. The molecule has 1 unspecified atom stereocenters. The van der Waals surface area contributed by atoms with Crippen LogP contribution in [0.3, 0.4) is 0 Å². The van der Waals surface area contributed by atoms with E-state index < -0.39 is 19.7 Å². The van der Waals surface area contributed by atoms with E-state index in [9.17, 15) is 16.8 Å². The molecule has 1 saturated heterocycles. The van der Waals surface area contributed by atoms with E-state index in [1.807, 2.05) is 0 Å². The lowest BCUT2D eigenvalue weighted by atomic mass is 10.2. The average Bonchev–Trinajstić information content (AvgIpc) is 2.84. The van der Waals surface area contributed by atoms with Crippen LogP contribution in [0.25, 0.3) is 0 Å². The van der Waals surface area contributed by atoms with Crippen molar-refractivity contribution in [3.63, 3.8) is 0 Å². The first-order valence-corrected chi connectivity index (χ1v) is 16.2. The van der Waals surface area contributed by atoms with Crippen LogP contribution in [0, 0.1) is 0 Å². The average molecular weight is 555 g/mol. The predicted molar refractivity (Wildman–Crippen MR) is 143 cm³/mol. The maximum Gasteiger partial charge on any atom is 0.175 e. The predicted octanol–water partition coefficient (Wildman–Crippen LogP) is 2.36. The normalized spacial score (nSPS) is 17.1. The third-order valence-electron chi connectivity index (χ3n) is 6.08. The van der Waals surface area contributed by atoms with Gasteiger partial charge in [-0.1, -0.05) is 0 Å². The third-order valence-corrected chi connectivity index (χ3v) is 8.34. The number of nitrogens with zero attached hydrogens (tertiary/aromatic N) is 2. The Morgan fingerprint density at radius 2 is 1.30 bits per heavy atom. The summed E-state index contributed by atoms with van der Waals surface area (Å²) >= 11 is 0. The van der Waals surface area contributed by atoms with Crippen molar-refractivity contribution < 1.29 is 31.0 Å². The van der Waals surface area contributed by atoms with E-state index in [0.717, 1.165) is 52.2 Å². The molecule has 206 valence electrons. The summed E-state index contributed by atoms with van der Waals surface area (Å²) in [5.74, 6) is 1.29. The summed E-state index contributed by atoms with van der Waals surface area (Å²) in [6, 6.07) is 13.0. The highest BCUT2D eigenvalue weighted by Gasteiger charge is 2.20. The van der Waals surface area contributed by atoms with Gasteiger partial charge in [0.2, 0.25) is 0 Å². The SMILES string of the molecule is CN1CCOC(CN(CCCOc2ccc(S(C)(=O)=O)cc2)CCCOc2ccc(S(C)(=O)=O)cc2)C1. The quantitative estimate of drug-likeness (QED) is 0.326. The van der Waals surface area contributed by atoms with Crippen LogP contribution in [0.5, 0.6) is 11.5 Å². The first-order valence-electron chi connectivity index (χ1n) is 12.4. The summed E-state index contributed by atoms with van der Waals surface area (Å²) in [4.78, 5) is 5.18. The molecule has 1 atom stereocenters. The number of morpholine rings is 1. The zero-order valence-electron chi connectivity index (χ0n) is 21.8. The molecule has 0 aliphatic carbocycles. The number of benzene rings is 2. The summed E-state index contributed by atoms with van der Waals surface area (Å²) in [7, 11) is -4.34. The van der Waals surface area contributed by atoms with Gasteiger partial charge in [-0.05, 0) is 68.4 Å². The van der Waals surface area contributed by atoms with E-state index in [4.69, 9.17) is 14.2 Å². The summed E-state index contributed by atoms with van der Waals surface area (Å²) < 4.78 is 64.0. The smallest absolute Gasteiger partial charge is 0.175 e. The molecule has 1 heterocycles. The summed E-state index contributed by atoms with van der Waals surface area (Å²) in [5, 5.41) is 0. The van der Waals surface area contributed by atoms with Crippen molar-refractivity contribution in [3.05, 3.63) is 48.5 Å². The second-order valence-electron chi connectivity index (χ2n) is 9.45. The molecule has 1 aliphatic rings. The molecule has 0 aromatic heterocycles. The first-order chi connectivity index (χ1) is 17.5. The Bertz CT molecular complexity index is 1100. The van der Waals surface area contributed by atoms with E-state index in [1.165, 1.54) is 12.5 Å². The number of rotatable bonds is 14. The third kappa shape index (κ3) is 10.2. The molecule has 0 saturated carbocycles. The molecule has 0 radical (unpaired) electrons. The molecule has 3 rings (SSSR count). The summed E-state index contributed by atoms with van der Waals surface area (Å²) in [5.41, 5.74) is 0. The molecular formula is C26H38N2O7S2. The molecule has 0 spiro atoms. The Morgan fingerprint density at radius 1 is 0.838 bits per heavy atom. The van der Waals surface area contributed by atoms with Crippen LogP contribution in [0.1, 0.15) is 12.8 Å². The van der Waals surface area contributed by atoms with Crippen LogP contribution in [0.15, 0.2) is 58.3 Å². The molecule has 0 bridgehead atoms. The number of sulfone groups is 2. The largest absolute Gasteiger partial charge is 0.494 e. The van der Waals surface area contributed by atoms with Crippen LogP contribution in [-0.2, 0) is 24.4 Å². The van der Waals surface area contributed by atoms with Crippen LogP contribution in [0.2, 0.25) is 0 Å². The van der Waals surface area contributed by atoms with Crippen molar-refractivity contribution in [3.8, 4) is 11.5 Å². The van der Waals surface area contributed by atoms with Crippen molar-refractivity contribution in [2.24, 2.45) is 0 Å². The van der Waals surface area contributed by atoms with Gasteiger partial charge in [0.15, 0.2) is 19.7 Å². The fourth-order valence-electron chi connectivity index (χ4n) is 4.08. The van der Waals surface area contributed by atoms with Crippen molar-refractivity contribution in [2.75, 3.05) is 72.1 Å². The van der Waals surface area contributed by atoms with E-state index in [1.54, 1.807) is 48.5 Å². The minimum absolute atomic E-state index is 0.146. The maximum absolute atomic E-state index is 11.6. The number of hydrogen-bond donors (Lipinski definition) is 0. The van der Waals surface area contributed by atoms with Crippen LogP contribution < -0.4 is 9.47 Å². The summed E-state index contributed by atoms with van der Waals surface area (Å²) in [6.07, 6.45) is 4.14. The van der Waals surface area contributed by atoms with Crippen LogP contribution in [0.4, 0.5) is 0 Å². The molecule has 2 aromatic carbocycles.